The van der Waals surface area contributed by atoms with Crippen LogP contribution in [0, 0.1) is 5.92 Å². The number of hydrogen-bond acceptors (Lipinski definition) is 4. The standard InChI is InChI=1S/C22H26ClN3O2S/c23-18-8-4-3-7-17(18)20-24-15-19(29-20)22(28)26-13-9-16(10-14-26)21(27)25-11-5-1-2-6-12-25/h3-4,7-8,15-16H,1-2,5-6,9-14H2. The van der Waals surface area contributed by atoms with Crippen LogP contribution in [-0.2, 0) is 4.79 Å². The number of nitrogens with zero attached hydrogens (tertiary/aromatic N) is 3. The van der Waals surface area contributed by atoms with E-state index in [0.717, 1.165) is 49.3 Å². The van der Waals surface area contributed by atoms with Crippen LogP contribution in [0.5, 0.6) is 0 Å². The van der Waals surface area contributed by atoms with E-state index < -0.39 is 0 Å². The fraction of sp³-hybridized carbons (Fsp3) is 0.500. The maximum atomic E-state index is 12.9. The largest absolute Gasteiger partial charge is 0.342 e. The summed E-state index contributed by atoms with van der Waals surface area (Å²) in [6.07, 6.45) is 7.81. The van der Waals surface area contributed by atoms with Crippen molar-refractivity contribution in [3.8, 4) is 10.6 Å². The van der Waals surface area contributed by atoms with Crippen LogP contribution >= 0.6 is 22.9 Å². The molecule has 0 spiro atoms. The summed E-state index contributed by atoms with van der Waals surface area (Å²) in [4.78, 5) is 34.7. The molecule has 1 aromatic heterocycles. The molecular formula is C22H26ClN3O2S. The molecule has 4 rings (SSSR count). The fourth-order valence-electron chi connectivity index (χ4n) is 4.17. The number of aromatic nitrogens is 1. The molecule has 1 aromatic carbocycles. The van der Waals surface area contributed by atoms with Crippen LogP contribution in [-0.4, -0.2) is 52.8 Å². The maximum Gasteiger partial charge on any atom is 0.265 e. The summed E-state index contributed by atoms with van der Waals surface area (Å²) in [5.74, 6) is 0.344. The third-order valence-corrected chi connectivity index (χ3v) is 7.22. The molecule has 2 aliphatic rings. The number of halogens is 1. The number of carbonyl (C=O) groups is 2. The van der Waals surface area contributed by atoms with Gasteiger partial charge in [-0.25, -0.2) is 4.98 Å². The smallest absolute Gasteiger partial charge is 0.265 e. The average molecular weight is 432 g/mol. The molecule has 0 bridgehead atoms. The third kappa shape index (κ3) is 4.64. The van der Waals surface area contributed by atoms with Crippen molar-refractivity contribution >= 4 is 34.8 Å². The van der Waals surface area contributed by atoms with E-state index in [4.69, 9.17) is 11.6 Å². The predicted octanol–water partition coefficient (Wildman–Crippen LogP) is 4.72. The van der Waals surface area contributed by atoms with E-state index >= 15 is 0 Å². The van der Waals surface area contributed by atoms with Gasteiger partial charge in [0, 0.05) is 37.7 Å². The van der Waals surface area contributed by atoms with Crippen LogP contribution in [0.1, 0.15) is 48.2 Å². The van der Waals surface area contributed by atoms with Crippen molar-refractivity contribution in [3.05, 3.63) is 40.4 Å². The molecule has 154 valence electrons. The van der Waals surface area contributed by atoms with Crippen LogP contribution in [0.15, 0.2) is 30.5 Å². The van der Waals surface area contributed by atoms with Crippen LogP contribution in [0.25, 0.3) is 10.6 Å². The summed E-state index contributed by atoms with van der Waals surface area (Å²) in [7, 11) is 0. The van der Waals surface area contributed by atoms with Gasteiger partial charge in [0.05, 0.1) is 11.2 Å². The highest BCUT2D eigenvalue weighted by molar-refractivity contribution is 7.17. The van der Waals surface area contributed by atoms with E-state index in [1.807, 2.05) is 34.1 Å². The summed E-state index contributed by atoms with van der Waals surface area (Å²) in [6, 6.07) is 7.53. The number of piperidine rings is 1. The van der Waals surface area contributed by atoms with Crippen molar-refractivity contribution in [2.24, 2.45) is 5.92 Å². The summed E-state index contributed by atoms with van der Waals surface area (Å²) >= 11 is 7.62. The van der Waals surface area contributed by atoms with Crippen LogP contribution in [0.4, 0.5) is 0 Å². The minimum atomic E-state index is 0.00137. The minimum Gasteiger partial charge on any atom is -0.342 e. The summed E-state index contributed by atoms with van der Waals surface area (Å²) in [5.41, 5.74) is 0.847. The van der Waals surface area contributed by atoms with Gasteiger partial charge in [-0.3, -0.25) is 9.59 Å². The Morgan fingerprint density at radius 3 is 2.34 bits per heavy atom. The number of benzene rings is 1. The molecule has 0 atom stereocenters. The van der Waals surface area contributed by atoms with Crippen molar-refractivity contribution in [3.63, 3.8) is 0 Å². The molecule has 2 saturated heterocycles. The van der Waals surface area contributed by atoms with Crippen LogP contribution in [0.2, 0.25) is 5.02 Å². The maximum absolute atomic E-state index is 12.9. The summed E-state index contributed by atoms with van der Waals surface area (Å²) in [6.45, 7) is 3.04. The molecule has 0 unspecified atom stereocenters. The van der Waals surface area contributed by atoms with Gasteiger partial charge < -0.3 is 9.80 Å². The van der Waals surface area contributed by atoms with Gasteiger partial charge >= 0.3 is 0 Å². The van der Waals surface area contributed by atoms with Crippen LogP contribution in [0.3, 0.4) is 0 Å². The molecule has 3 heterocycles. The lowest BCUT2D eigenvalue weighted by Gasteiger charge is -2.33. The molecule has 0 aliphatic carbocycles. The Hall–Kier alpha value is -1.92. The normalized spacial score (nSPS) is 18.5. The number of carbonyl (C=O) groups excluding carboxylic acids is 2. The number of amides is 2. The third-order valence-electron chi connectivity index (χ3n) is 5.87. The van der Waals surface area contributed by atoms with E-state index in [-0.39, 0.29) is 17.7 Å². The zero-order valence-corrected chi connectivity index (χ0v) is 18.1. The lowest BCUT2D eigenvalue weighted by Crippen LogP contribution is -2.44. The number of thiazole rings is 1. The lowest BCUT2D eigenvalue weighted by atomic mass is 9.95. The Bertz CT molecular complexity index is 868. The highest BCUT2D eigenvalue weighted by atomic mass is 35.5. The summed E-state index contributed by atoms with van der Waals surface area (Å²) < 4.78 is 0. The molecule has 5 nitrogen and oxygen atoms in total. The molecule has 2 fully saturated rings. The van der Waals surface area contributed by atoms with Crippen LogP contribution < -0.4 is 0 Å². The molecule has 29 heavy (non-hydrogen) atoms. The first-order valence-corrected chi connectivity index (χ1v) is 11.6. The minimum absolute atomic E-state index is 0.00137. The van der Waals surface area contributed by atoms with Gasteiger partial charge in [-0.15, -0.1) is 11.3 Å². The van der Waals surface area contributed by atoms with Gasteiger partial charge in [-0.1, -0.05) is 42.6 Å². The van der Waals surface area contributed by atoms with Gasteiger partial charge in [0.2, 0.25) is 5.91 Å². The van der Waals surface area contributed by atoms with Gasteiger partial charge in [-0.05, 0) is 31.7 Å². The number of rotatable bonds is 3. The zero-order chi connectivity index (χ0) is 20.2. The van der Waals surface area contributed by atoms with Crippen molar-refractivity contribution in [2.75, 3.05) is 26.2 Å². The molecule has 7 heteroatoms. The monoisotopic (exact) mass is 431 g/mol. The highest BCUT2D eigenvalue weighted by Gasteiger charge is 2.31. The topological polar surface area (TPSA) is 53.5 Å². The van der Waals surface area contributed by atoms with Gasteiger partial charge in [-0.2, -0.15) is 0 Å². The zero-order valence-electron chi connectivity index (χ0n) is 16.5. The molecule has 2 amide bonds. The predicted molar refractivity (Wildman–Crippen MR) is 116 cm³/mol. The van der Waals surface area contributed by atoms with E-state index in [0.29, 0.717) is 23.0 Å². The van der Waals surface area contributed by atoms with Gasteiger partial charge in [0.25, 0.3) is 5.91 Å². The average Bonchev–Trinajstić information content (AvgIpc) is 3.08. The first-order chi connectivity index (χ1) is 14.1. The highest BCUT2D eigenvalue weighted by Crippen LogP contribution is 2.32. The van der Waals surface area contributed by atoms with E-state index in [9.17, 15) is 9.59 Å². The van der Waals surface area contributed by atoms with Gasteiger partial charge in [0.15, 0.2) is 0 Å². The Labute approximate surface area is 180 Å². The second kappa shape index (κ2) is 9.26. The molecule has 0 radical (unpaired) electrons. The second-order valence-corrected chi connectivity index (χ2v) is 9.25. The second-order valence-electron chi connectivity index (χ2n) is 7.82. The Morgan fingerprint density at radius 1 is 0.966 bits per heavy atom. The molecular weight excluding hydrogens is 406 g/mol. The Balaban J connectivity index is 1.36. The summed E-state index contributed by atoms with van der Waals surface area (Å²) in [5, 5.41) is 1.39. The number of hydrogen-bond donors (Lipinski definition) is 0. The molecule has 2 aliphatic heterocycles. The van der Waals surface area contributed by atoms with Crippen molar-refractivity contribution in [2.45, 2.75) is 38.5 Å². The molecule has 2 aromatic rings. The van der Waals surface area contributed by atoms with Crippen molar-refractivity contribution in [1.82, 2.24) is 14.8 Å². The first kappa shape index (κ1) is 20.4. The van der Waals surface area contributed by atoms with E-state index in [1.54, 1.807) is 6.20 Å². The molecule has 0 saturated carbocycles. The van der Waals surface area contributed by atoms with Crippen molar-refractivity contribution < 1.29 is 9.59 Å². The quantitative estimate of drug-likeness (QED) is 0.706. The Morgan fingerprint density at radius 2 is 1.66 bits per heavy atom. The first-order valence-electron chi connectivity index (χ1n) is 10.4. The SMILES string of the molecule is O=C(c1cnc(-c2ccccc2Cl)s1)N1CCC(C(=O)N2CCCCCC2)CC1. The molecule has 0 N–H and O–H groups in total. The number of likely N-dealkylation sites (tertiary alicyclic amines) is 2. The van der Waals surface area contributed by atoms with E-state index in [1.165, 1.54) is 24.2 Å². The van der Waals surface area contributed by atoms with Gasteiger partial charge in [0.1, 0.15) is 9.88 Å². The lowest BCUT2D eigenvalue weighted by molar-refractivity contribution is -0.136. The fourth-order valence-corrected chi connectivity index (χ4v) is 5.37. The van der Waals surface area contributed by atoms with E-state index in [2.05, 4.69) is 4.98 Å². The Kier molecular flexibility index (Phi) is 6.50. The van der Waals surface area contributed by atoms with Crippen molar-refractivity contribution in [1.29, 1.82) is 0 Å².